The van der Waals surface area contributed by atoms with Crippen LogP contribution in [0.4, 0.5) is 0 Å². The highest BCUT2D eigenvalue weighted by Crippen LogP contribution is 2.03. The second-order valence-electron chi connectivity index (χ2n) is 4.06. The highest BCUT2D eigenvalue weighted by molar-refractivity contribution is 5.94. The fourth-order valence-corrected chi connectivity index (χ4v) is 1.55. The molecule has 0 fully saturated rings. The number of hydrogen-bond acceptors (Lipinski definition) is 4. The predicted octanol–water partition coefficient (Wildman–Crippen LogP) is 0.422. The lowest BCUT2D eigenvalue weighted by molar-refractivity contribution is 0.0285. The number of hydrogen-bond donors (Lipinski definition) is 2. The summed E-state index contributed by atoms with van der Waals surface area (Å²) in [6, 6.07) is 6.85. The second-order valence-corrected chi connectivity index (χ2v) is 4.06. The number of carbonyl (C=O) groups excluding carboxylic acids is 1. The molecule has 0 aliphatic carbocycles. The van der Waals surface area contributed by atoms with Gasteiger partial charge in [0.2, 0.25) is 0 Å². The van der Waals surface area contributed by atoms with Gasteiger partial charge < -0.3 is 19.9 Å². The molecule has 0 aliphatic heterocycles. The number of amides is 1. The van der Waals surface area contributed by atoms with E-state index in [9.17, 15) is 4.79 Å². The van der Waals surface area contributed by atoms with Crippen LogP contribution in [0, 0.1) is 11.8 Å². The van der Waals surface area contributed by atoms with Gasteiger partial charge in [0.05, 0.1) is 12.7 Å². The van der Waals surface area contributed by atoms with E-state index in [4.69, 9.17) is 14.6 Å². The van der Waals surface area contributed by atoms with Crippen LogP contribution in [0.2, 0.25) is 0 Å². The molecule has 0 spiro atoms. The molecule has 0 heterocycles. The molecule has 0 aliphatic rings. The standard InChI is InChI=1S/C15H19NO4/c1-19-11-14(20-2)10-16-15(18)13-7-5-12(6-8-13)4-3-9-17/h5-8,14,17H,9-11H2,1-2H3,(H,16,18). The van der Waals surface area contributed by atoms with Crippen molar-refractivity contribution in [2.75, 3.05) is 34.0 Å². The molecule has 1 aromatic rings. The molecule has 1 atom stereocenters. The SMILES string of the molecule is COCC(CNC(=O)c1ccc(C#CCO)cc1)OC. The van der Waals surface area contributed by atoms with Crippen LogP contribution in [-0.4, -0.2) is 51.1 Å². The lowest BCUT2D eigenvalue weighted by atomic mass is 10.1. The first-order valence-electron chi connectivity index (χ1n) is 6.21. The van der Waals surface area contributed by atoms with Crippen LogP contribution < -0.4 is 5.32 Å². The third-order valence-electron chi connectivity index (χ3n) is 2.64. The monoisotopic (exact) mass is 277 g/mol. The third-order valence-corrected chi connectivity index (χ3v) is 2.64. The fourth-order valence-electron chi connectivity index (χ4n) is 1.55. The molecule has 1 rings (SSSR count). The molecule has 1 amide bonds. The number of carbonyl (C=O) groups is 1. The lowest BCUT2D eigenvalue weighted by Gasteiger charge is -2.14. The Bertz CT molecular complexity index is 473. The predicted molar refractivity (Wildman–Crippen MR) is 75.4 cm³/mol. The largest absolute Gasteiger partial charge is 0.384 e. The molecule has 0 saturated heterocycles. The average Bonchev–Trinajstić information content (AvgIpc) is 2.49. The van der Waals surface area contributed by atoms with Gasteiger partial charge in [-0.2, -0.15) is 0 Å². The first kappa shape index (κ1) is 16.2. The summed E-state index contributed by atoms with van der Waals surface area (Å²) in [6.07, 6.45) is -0.168. The maximum atomic E-state index is 11.9. The highest BCUT2D eigenvalue weighted by Gasteiger charge is 2.10. The Morgan fingerprint density at radius 3 is 2.60 bits per heavy atom. The minimum absolute atomic E-state index is 0.168. The molecule has 5 heteroatoms. The van der Waals surface area contributed by atoms with Crippen molar-refractivity contribution >= 4 is 5.91 Å². The van der Waals surface area contributed by atoms with Gasteiger partial charge in [-0.1, -0.05) is 11.8 Å². The zero-order chi connectivity index (χ0) is 14.8. The van der Waals surface area contributed by atoms with Crippen LogP contribution in [0.3, 0.4) is 0 Å². The molecule has 0 bridgehead atoms. The van der Waals surface area contributed by atoms with E-state index in [-0.39, 0.29) is 18.6 Å². The van der Waals surface area contributed by atoms with Crippen LogP contribution in [0.1, 0.15) is 15.9 Å². The Morgan fingerprint density at radius 1 is 1.35 bits per heavy atom. The second kappa shape index (κ2) is 9.10. The van der Waals surface area contributed by atoms with Gasteiger partial charge in [0.25, 0.3) is 5.91 Å². The summed E-state index contributed by atoms with van der Waals surface area (Å²) in [5.41, 5.74) is 1.30. The van der Waals surface area contributed by atoms with E-state index in [0.717, 1.165) is 5.56 Å². The molecule has 1 aromatic carbocycles. The summed E-state index contributed by atoms with van der Waals surface area (Å²) in [4.78, 5) is 11.9. The first-order valence-corrected chi connectivity index (χ1v) is 6.21. The van der Waals surface area contributed by atoms with E-state index >= 15 is 0 Å². The summed E-state index contributed by atoms with van der Waals surface area (Å²) in [7, 11) is 3.16. The molecule has 1 unspecified atom stereocenters. The van der Waals surface area contributed by atoms with E-state index in [0.29, 0.717) is 18.7 Å². The summed E-state index contributed by atoms with van der Waals surface area (Å²) < 4.78 is 10.1. The van der Waals surface area contributed by atoms with E-state index in [1.807, 2.05) is 0 Å². The number of rotatable bonds is 6. The molecular formula is C15H19NO4. The van der Waals surface area contributed by atoms with Crippen molar-refractivity contribution < 1.29 is 19.4 Å². The van der Waals surface area contributed by atoms with Crippen LogP contribution >= 0.6 is 0 Å². The van der Waals surface area contributed by atoms with Gasteiger partial charge in [0.1, 0.15) is 6.61 Å². The van der Waals surface area contributed by atoms with Gasteiger partial charge in [-0.05, 0) is 24.3 Å². The van der Waals surface area contributed by atoms with Gasteiger partial charge in [-0.15, -0.1) is 0 Å². The number of ether oxygens (including phenoxy) is 2. The molecular weight excluding hydrogens is 258 g/mol. The van der Waals surface area contributed by atoms with Crippen molar-refractivity contribution in [2.45, 2.75) is 6.10 Å². The lowest BCUT2D eigenvalue weighted by Crippen LogP contribution is -2.35. The molecule has 2 N–H and O–H groups in total. The van der Waals surface area contributed by atoms with Crippen molar-refractivity contribution in [1.29, 1.82) is 0 Å². The number of aliphatic hydroxyl groups excluding tert-OH is 1. The zero-order valence-electron chi connectivity index (χ0n) is 11.7. The van der Waals surface area contributed by atoms with Crippen LogP contribution in [0.15, 0.2) is 24.3 Å². The quantitative estimate of drug-likeness (QED) is 0.740. The zero-order valence-corrected chi connectivity index (χ0v) is 11.7. The van der Waals surface area contributed by atoms with Crippen molar-refractivity contribution in [1.82, 2.24) is 5.32 Å². The molecule has 108 valence electrons. The molecule has 0 radical (unpaired) electrons. The van der Waals surface area contributed by atoms with E-state index < -0.39 is 0 Å². The Labute approximate surface area is 118 Å². The number of benzene rings is 1. The number of nitrogens with one attached hydrogen (secondary N) is 1. The maximum Gasteiger partial charge on any atom is 0.251 e. The van der Waals surface area contributed by atoms with Gasteiger partial charge in [0.15, 0.2) is 0 Å². The molecule has 0 saturated carbocycles. The maximum absolute atomic E-state index is 11.9. The molecule has 5 nitrogen and oxygen atoms in total. The number of aliphatic hydroxyl groups is 1. The van der Waals surface area contributed by atoms with Crippen LogP contribution in [0.5, 0.6) is 0 Å². The summed E-state index contributed by atoms with van der Waals surface area (Å²) >= 11 is 0. The van der Waals surface area contributed by atoms with Gasteiger partial charge >= 0.3 is 0 Å². The molecule has 20 heavy (non-hydrogen) atoms. The van der Waals surface area contributed by atoms with Crippen molar-refractivity contribution in [3.8, 4) is 11.8 Å². The Kier molecular flexibility index (Phi) is 7.36. The van der Waals surface area contributed by atoms with Gasteiger partial charge in [0, 0.05) is 31.9 Å². The highest BCUT2D eigenvalue weighted by atomic mass is 16.5. The van der Waals surface area contributed by atoms with Crippen molar-refractivity contribution in [3.05, 3.63) is 35.4 Å². The minimum Gasteiger partial charge on any atom is -0.384 e. The third kappa shape index (κ3) is 5.41. The Morgan fingerprint density at radius 2 is 2.05 bits per heavy atom. The Hall–Kier alpha value is -1.87. The fraction of sp³-hybridized carbons (Fsp3) is 0.400. The average molecular weight is 277 g/mol. The van der Waals surface area contributed by atoms with Crippen LogP contribution in [-0.2, 0) is 9.47 Å². The van der Waals surface area contributed by atoms with Crippen LogP contribution in [0.25, 0.3) is 0 Å². The van der Waals surface area contributed by atoms with Crippen molar-refractivity contribution in [3.63, 3.8) is 0 Å². The van der Waals surface area contributed by atoms with Crippen molar-refractivity contribution in [2.24, 2.45) is 0 Å². The minimum atomic E-state index is -0.180. The van der Waals surface area contributed by atoms with E-state index in [2.05, 4.69) is 17.2 Å². The normalized spacial score (nSPS) is 11.3. The summed E-state index contributed by atoms with van der Waals surface area (Å²) in [5, 5.41) is 11.4. The summed E-state index contributed by atoms with van der Waals surface area (Å²) in [6.45, 7) is 0.627. The smallest absolute Gasteiger partial charge is 0.251 e. The van der Waals surface area contributed by atoms with E-state index in [1.165, 1.54) is 0 Å². The van der Waals surface area contributed by atoms with Gasteiger partial charge in [-0.25, -0.2) is 0 Å². The molecule has 0 aromatic heterocycles. The Balaban J connectivity index is 2.55. The number of methoxy groups -OCH3 is 2. The van der Waals surface area contributed by atoms with E-state index in [1.54, 1.807) is 38.5 Å². The topological polar surface area (TPSA) is 67.8 Å². The van der Waals surface area contributed by atoms with Gasteiger partial charge in [-0.3, -0.25) is 4.79 Å². The first-order chi connectivity index (χ1) is 9.71. The summed E-state index contributed by atoms with van der Waals surface area (Å²) in [5.74, 6) is 5.14.